The summed E-state index contributed by atoms with van der Waals surface area (Å²) in [7, 11) is -3.77. The van der Waals surface area contributed by atoms with Crippen LogP contribution >= 0.6 is 0 Å². The summed E-state index contributed by atoms with van der Waals surface area (Å²) in [5.74, 6) is 0. The summed E-state index contributed by atoms with van der Waals surface area (Å²) < 4.78 is 26.9. The molecule has 0 amide bonds. The van der Waals surface area contributed by atoms with Crippen molar-refractivity contribution in [2.24, 2.45) is 0 Å². The number of para-hydroxylation sites is 1. The molecule has 0 fully saturated rings. The quantitative estimate of drug-likeness (QED) is 0.716. The maximum Gasteiger partial charge on any atom is 0.243 e. The van der Waals surface area contributed by atoms with Crippen molar-refractivity contribution in [2.75, 3.05) is 5.73 Å². The number of hydrogen-bond acceptors (Lipinski definition) is 4. The molecule has 0 aromatic heterocycles. The van der Waals surface area contributed by atoms with Crippen LogP contribution in [-0.4, -0.2) is 24.7 Å². The standard InChI is InChI=1S/C12H20N2O3S/c1-11(2,12(3,4)15)14-18(16,17)10-8-6-5-7-9(10)13/h5-8,14-15H,13H2,1-4H3. The molecule has 0 spiro atoms. The van der Waals surface area contributed by atoms with Crippen LogP contribution in [-0.2, 0) is 10.0 Å². The Bertz CT molecular complexity index is 530. The first-order valence-electron chi connectivity index (χ1n) is 5.58. The van der Waals surface area contributed by atoms with Gasteiger partial charge in [0.25, 0.3) is 0 Å². The number of rotatable bonds is 4. The number of anilines is 1. The number of nitrogen functional groups attached to an aromatic ring is 1. The number of benzene rings is 1. The van der Waals surface area contributed by atoms with E-state index in [-0.39, 0.29) is 10.6 Å². The summed E-state index contributed by atoms with van der Waals surface area (Å²) in [6, 6.07) is 6.21. The highest BCUT2D eigenvalue weighted by atomic mass is 32.2. The molecule has 0 aliphatic rings. The van der Waals surface area contributed by atoms with E-state index in [0.717, 1.165) is 0 Å². The van der Waals surface area contributed by atoms with Gasteiger partial charge in [0.1, 0.15) is 4.90 Å². The van der Waals surface area contributed by atoms with E-state index >= 15 is 0 Å². The van der Waals surface area contributed by atoms with Crippen molar-refractivity contribution in [1.82, 2.24) is 4.72 Å². The van der Waals surface area contributed by atoms with Gasteiger partial charge in [-0.05, 0) is 39.8 Å². The third-order valence-corrected chi connectivity index (χ3v) is 4.86. The minimum absolute atomic E-state index is 0.0160. The van der Waals surface area contributed by atoms with E-state index in [9.17, 15) is 13.5 Å². The summed E-state index contributed by atoms with van der Waals surface area (Å²) in [6.45, 7) is 6.32. The highest BCUT2D eigenvalue weighted by Crippen LogP contribution is 2.25. The summed E-state index contributed by atoms with van der Waals surface area (Å²) >= 11 is 0. The Hall–Kier alpha value is -1.11. The monoisotopic (exact) mass is 272 g/mol. The number of sulfonamides is 1. The number of aliphatic hydroxyl groups is 1. The fourth-order valence-electron chi connectivity index (χ4n) is 1.24. The SMILES string of the molecule is CC(C)(O)C(C)(C)NS(=O)(=O)c1ccccc1N. The van der Waals surface area contributed by atoms with Gasteiger partial charge >= 0.3 is 0 Å². The lowest BCUT2D eigenvalue weighted by molar-refractivity contribution is 0.00639. The van der Waals surface area contributed by atoms with Gasteiger partial charge in [-0.25, -0.2) is 13.1 Å². The molecule has 1 rings (SSSR count). The van der Waals surface area contributed by atoms with E-state index in [1.807, 2.05) is 0 Å². The predicted octanol–water partition coefficient (Wildman–Crippen LogP) is 1.10. The maximum atomic E-state index is 12.2. The van der Waals surface area contributed by atoms with Gasteiger partial charge in [0.05, 0.1) is 16.8 Å². The molecule has 0 saturated heterocycles. The maximum absolute atomic E-state index is 12.2. The first kappa shape index (κ1) is 14.9. The van der Waals surface area contributed by atoms with Gasteiger partial charge in [-0.3, -0.25) is 0 Å². The molecular weight excluding hydrogens is 252 g/mol. The minimum Gasteiger partial charge on any atom is -0.398 e. The van der Waals surface area contributed by atoms with E-state index in [4.69, 9.17) is 5.73 Å². The zero-order valence-corrected chi connectivity index (χ0v) is 11.9. The molecule has 102 valence electrons. The fraction of sp³-hybridized carbons (Fsp3) is 0.500. The summed E-state index contributed by atoms with van der Waals surface area (Å²) in [5.41, 5.74) is 3.61. The molecule has 0 saturated carbocycles. The number of nitrogens with one attached hydrogen (secondary N) is 1. The number of hydrogen-bond donors (Lipinski definition) is 3. The lowest BCUT2D eigenvalue weighted by Crippen LogP contribution is -2.57. The predicted molar refractivity (Wildman–Crippen MR) is 71.6 cm³/mol. The average Bonchev–Trinajstić information content (AvgIpc) is 2.14. The fourth-order valence-corrected chi connectivity index (χ4v) is 2.91. The van der Waals surface area contributed by atoms with Crippen LogP contribution in [0, 0.1) is 0 Å². The molecular formula is C12H20N2O3S. The van der Waals surface area contributed by atoms with Gasteiger partial charge in [-0.2, -0.15) is 0 Å². The van der Waals surface area contributed by atoms with E-state index in [0.29, 0.717) is 0 Å². The van der Waals surface area contributed by atoms with E-state index in [1.54, 1.807) is 39.8 Å². The van der Waals surface area contributed by atoms with E-state index < -0.39 is 21.2 Å². The molecule has 0 atom stereocenters. The van der Waals surface area contributed by atoms with Crippen molar-refractivity contribution in [3.05, 3.63) is 24.3 Å². The van der Waals surface area contributed by atoms with Crippen molar-refractivity contribution < 1.29 is 13.5 Å². The molecule has 1 aromatic rings. The Morgan fingerprint density at radius 1 is 1.17 bits per heavy atom. The smallest absolute Gasteiger partial charge is 0.243 e. The Kier molecular flexibility index (Phi) is 3.76. The van der Waals surface area contributed by atoms with Crippen LogP contribution in [0.25, 0.3) is 0 Å². The first-order valence-corrected chi connectivity index (χ1v) is 7.06. The Balaban J connectivity index is 3.16. The first-order chi connectivity index (χ1) is 7.97. The lowest BCUT2D eigenvalue weighted by Gasteiger charge is -2.37. The van der Waals surface area contributed by atoms with Crippen LogP contribution in [0.5, 0.6) is 0 Å². The minimum atomic E-state index is -3.77. The van der Waals surface area contributed by atoms with Crippen molar-refractivity contribution in [1.29, 1.82) is 0 Å². The summed E-state index contributed by atoms with van der Waals surface area (Å²) in [5, 5.41) is 9.97. The van der Waals surface area contributed by atoms with Crippen molar-refractivity contribution in [2.45, 2.75) is 43.7 Å². The van der Waals surface area contributed by atoms with Crippen LogP contribution in [0.4, 0.5) is 5.69 Å². The zero-order chi connectivity index (χ0) is 14.2. The summed E-state index contributed by atoms with van der Waals surface area (Å²) in [6.07, 6.45) is 0. The molecule has 5 nitrogen and oxygen atoms in total. The highest BCUT2D eigenvalue weighted by Gasteiger charge is 2.39. The van der Waals surface area contributed by atoms with Gasteiger partial charge in [0.15, 0.2) is 0 Å². The lowest BCUT2D eigenvalue weighted by atomic mass is 9.87. The molecule has 18 heavy (non-hydrogen) atoms. The van der Waals surface area contributed by atoms with Crippen LogP contribution in [0.2, 0.25) is 0 Å². The van der Waals surface area contributed by atoms with E-state index in [1.165, 1.54) is 12.1 Å². The van der Waals surface area contributed by atoms with Crippen molar-refractivity contribution in [3.8, 4) is 0 Å². The van der Waals surface area contributed by atoms with Gasteiger partial charge in [0, 0.05) is 0 Å². The molecule has 0 heterocycles. The van der Waals surface area contributed by atoms with Crippen molar-refractivity contribution >= 4 is 15.7 Å². The van der Waals surface area contributed by atoms with Gasteiger partial charge in [0.2, 0.25) is 10.0 Å². The largest absolute Gasteiger partial charge is 0.398 e. The second kappa shape index (κ2) is 4.53. The average molecular weight is 272 g/mol. The number of nitrogens with two attached hydrogens (primary N) is 1. The third-order valence-electron chi connectivity index (χ3n) is 3.13. The van der Waals surface area contributed by atoms with Gasteiger partial charge in [-0.1, -0.05) is 12.1 Å². The topological polar surface area (TPSA) is 92.4 Å². The molecule has 0 bridgehead atoms. The van der Waals surface area contributed by atoms with Gasteiger partial charge in [-0.15, -0.1) is 0 Å². The van der Waals surface area contributed by atoms with Crippen molar-refractivity contribution in [3.63, 3.8) is 0 Å². The third kappa shape index (κ3) is 3.01. The molecule has 6 heteroatoms. The highest BCUT2D eigenvalue weighted by molar-refractivity contribution is 7.89. The van der Waals surface area contributed by atoms with Crippen LogP contribution in [0.15, 0.2) is 29.2 Å². The Labute approximate surface area is 108 Å². The molecule has 0 aliphatic heterocycles. The van der Waals surface area contributed by atoms with E-state index in [2.05, 4.69) is 4.72 Å². The molecule has 0 unspecified atom stereocenters. The van der Waals surface area contributed by atoms with Crippen LogP contribution in [0.3, 0.4) is 0 Å². The molecule has 0 aliphatic carbocycles. The van der Waals surface area contributed by atoms with Gasteiger partial charge < -0.3 is 10.8 Å². The summed E-state index contributed by atoms with van der Waals surface area (Å²) in [4.78, 5) is 0.0160. The Morgan fingerprint density at radius 2 is 1.67 bits per heavy atom. The molecule has 0 radical (unpaired) electrons. The van der Waals surface area contributed by atoms with Crippen LogP contribution in [0.1, 0.15) is 27.7 Å². The zero-order valence-electron chi connectivity index (χ0n) is 11.1. The normalized spacial score (nSPS) is 13.6. The Morgan fingerprint density at radius 3 is 2.11 bits per heavy atom. The van der Waals surface area contributed by atoms with Crippen LogP contribution < -0.4 is 10.5 Å². The second-order valence-corrected chi connectivity index (χ2v) is 6.98. The molecule has 1 aromatic carbocycles. The molecule has 4 N–H and O–H groups in total. The second-order valence-electron chi connectivity index (χ2n) is 5.33.